The average Bonchev–Trinajstić information content (AvgIpc) is 3.05. The van der Waals surface area contributed by atoms with E-state index in [-0.39, 0.29) is 12.0 Å². The Kier molecular flexibility index (Phi) is 4.80. The monoisotopic (exact) mass is 313 g/mol. The maximum Gasteiger partial charge on any atom is 0.252 e. The van der Waals surface area contributed by atoms with E-state index < -0.39 is 5.54 Å². The van der Waals surface area contributed by atoms with E-state index in [1.807, 2.05) is 0 Å². The zero-order valence-corrected chi connectivity index (χ0v) is 13.4. The molecule has 0 atom stereocenters. The van der Waals surface area contributed by atoms with Gasteiger partial charge in [-0.2, -0.15) is 5.26 Å². The molecule has 0 unspecified atom stereocenters. The van der Waals surface area contributed by atoms with Crippen molar-refractivity contribution in [1.82, 2.24) is 10.3 Å². The first kappa shape index (κ1) is 15.8. The standard InChI is InChI=1S/C18H23N3O2/c19-13-18(9-4-5-10-18)21-17(22)14-8-11-20-16(12-14)23-15-6-2-1-3-7-15/h8,11-12,15H,1-7,9-10H2,(H,21,22). The van der Waals surface area contributed by atoms with Crippen molar-refractivity contribution < 1.29 is 9.53 Å². The minimum Gasteiger partial charge on any atom is -0.474 e. The van der Waals surface area contributed by atoms with Crippen molar-refractivity contribution in [2.45, 2.75) is 69.4 Å². The van der Waals surface area contributed by atoms with Crippen molar-refractivity contribution in [2.24, 2.45) is 0 Å². The highest BCUT2D eigenvalue weighted by Gasteiger charge is 2.35. The van der Waals surface area contributed by atoms with Gasteiger partial charge in [-0.25, -0.2) is 4.98 Å². The minimum absolute atomic E-state index is 0.204. The summed E-state index contributed by atoms with van der Waals surface area (Å²) in [4.78, 5) is 16.7. The zero-order chi connectivity index (χ0) is 16.1. The van der Waals surface area contributed by atoms with Crippen LogP contribution in [-0.4, -0.2) is 22.5 Å². The fourth-order valence-corrected chi connectivity index (χ4v) is 3.50. The topological polar surface area (TPSA) is 75.0 Å². The maximum absolute atomic E-state index is 12.5. The van der Waals surface area contributed by atoms with E-state index in [0.29, 0.717) is 11.4 Å². The second-order valence-electron chi connectivity index (χ2n) is 6.62. The number of ether oxygens (including phenoxy) is 1. The molecule has 1 aromatic heterocycles. The third-order valence-corrected chi connectivity index (χ3v) is 4.86. The first-order chi connectivity index (χ1) is 11.2. The zero-order valence-electron chi connectivity index (χ0n) is 13.4. The highest BCUT2D eigenvalue weighted by molar-refractivity contribution is 5.95. The molecule has 2 saturated carbocycles. The van der Waals surface area contributed by atoms with Crippen LogP contribution in [0.5, 0.6) is 5.88 Å². The van der Waals surface area contributed by atoms with Gasteiger partial charge in [-0.1, -0.05) is 6.42 Å². The Labute approximate surface area is 137 Å². The minimum atomic E-state index is -0.704. The molecule has 23 heavy (non-hydrogen) atoms. The Morgan fingerprint density at radius 2 is 2.00 bits per heavy atom. The molecule has 0 aromatic carbocycles. The highest BCUT2D eigenvalue weighted by Crippen LogP contribution is 2.29. The number of hydrogen-bond donors (Lipinski definition) is 1. The van der Waals surface area contributed by atoms with E-state index in [1.165, 1.54) is 19.3 Å². The lowest BCUT2D eigenvalue weighted by molar-refractivity contribution is 0.0918. The Hall–Kier alpha value is -2.09. The summed E-state index contributed by atoms with van der Waals surface area (Å²) >= 11 is 0. The number of hydrogen-bond acceptors (Lipinski definition) is 4. The molecule has 0 radical (unpaired) electrons. The smallest absolute Gasteiger partial charge is 0.252 e. The van der Waals surface area contributed by atoms with Gasteiger partial charge in [0.25, 0.3) is 5.91 Å². The Morgan fingerprint density at radius 3 is 2.70 bits per heavy atom. The quantitative estimate of drug-likeness (QED) is 0.925. The predicted molar refractivity (Wildman–Crippen MR) is 86.0 cm³/mol. The van der Waals surface area contributed by atoms with Crippen molar-refractivity contribution in [3.8, 4) is 11.9 Å². The second kappa shape index (κ2) is 6.99. The molecule has 2 aliphatic carbocycles. The summed E-state index contributed by atoms with van der Waals surface area (Å²) in [5.41, 5.74) is -0.197. The van der Waals surface area contributed by atoms with Gasteiger partial charge in [-0.05, 0) is 57.4 Å². The summed E-state index contributed by atoms with van der Waals surface area (Å²) in [6, 6.07) is 5.63. The summed E-state index contributed by atoms with van der Waals surface area (Å²) in [6.45, 7) is 0. The molecule has 1 heterocycles. The molecule has 5 heteroatoms. The molecule has 0 bridgehead atoms. The summed E-state index contributed by atoms with van der Waals surface area (Å²) in [6.07, 6.45) is 11.0. The van der Waals surface area contributed by atoms with Crippen LogP contribution in [0.1, 0.15) is 68.1 Å². The molecule has 0 spiro atoms. The molecule has 0 aliphatic heterocycles. The Morgan fingerprint density at radius 1 is 1.26 bits per heavy atom. The lowest BCUT2D eigenvalue weighted by atomic mass is 9.98. The van der Waals surface area contributed by atoms with Gasteiger partial charge >= 0.3 is 0 Å². The number of rotatable bonds is 4. The number of pyridine rings is 1. The number of nitriles is 1. The number of carbonyl (C=O) groups excluding carboxylic acids is 1. The third-order valence-electron chi connectivity index (χ3n) is 4.86. The van der Waals surface area contributed by atoms with Gasteiger partial charge in [0, 0.05) is 17.8 Å². The number of carbonyl (C=O) groups is 1. The molecule has 3 rings (SSSR count). The van der Waals surface area contributed by atoms with Crippen LogP contribution in [0.2, 0.25) is 0 Å². The fourth-order valence-electron chi connectivity index (χ4n) is 3.50. The van der Waals surface area contributed by atoms with Gasteiger partial charge in [-0.3, -0.25) is 4.79 Å². The van der Waals surface area contributed by atoms with Crippen LogP contribution < -0.4 is 10.1 Å². The molecule has 1 N–H and O–H groups in total. The number of amides is 1. The number of nitrogens with zero attached hydrogens (tertiary/aromatic N) is 2. The van der Waals surface area contributed by atoms with E-state index in [4.69, 9.17) is 4.74 Å². The molecule has 1 aromatic rings. The molecule has 1 amide bonds. The van der Waals surface area contributed by atoms with Gasteiger partial charge in [0.15, 0.2) is 0 Å². The van der Waals surface area contributed by atoms with Crippen LogP contribution in [0, 0.1) is 11.3 Å². The SMILES string of the molecule is N#CC1(NC(=O)c2ccnc(OC3CCCCC3)c2)CCCC1. The third kappa shape index (κ3) is 3.82. The van der Waals surface area contributed by atoms with Gasteiger partial charge in [-0.15, -0.1) is 0 Å². The van der Waals surface area contributed by atoms with E-state index >= 15 is 0 Å². The normalized spacial score (nSPS) is 20.7. The van der Waals surface area contributed by atoms with Crippen molar-refractivity contribution in [3.05, 3.63) is 23.9 Å². The molecule has 122 valence electrons. The van der Waals surface area contributed by atoms with Crippen LogP contribution in [-0.2, 0) is 0 Å². The van der Waals surface area contributed by atoms with Crippen molar-refractivity contribution in [3.63, 3.8) is 0 Å². The van der Waals surface area contributed by atoms with Crippen molar-refractivity contribution >= 4 is 5.91 Å². The van der Waals surface area contributed by atoms with E-state index in [9.17, 15) is 10.1 Å². The maximum atomic E-state index is 12.5. The number of aromatic nitrogens is 1. The lowest BCUT2D eigenvalue weighted by Gasteiger charge is -2.23. The predicted octanol–water partition coefficient (Wildman–Crippen LogP) is 3.36. The van der Waals surface area contributed by atoms with Crippen LogP contribution in [0.4, 0.5) is 0 Å². The number of nitrogens with one attached hydrogen (secondary N) is 1. The van der Waals surface area contributed by atoms with Crippen LogP contribution >= 0.6 is 0 Å². The summed E-state index contributed by atoms with van der Waals surface area (Å²) in [5, 5.41) is 12.3. The Bertz CT molecular complexity index is 597. The fraction of sp³-hybridized carbons (Fsp3) is 0.611. The molecule has 2 aliphatic rings. The first-order valence-electron chi connectivity index (χ1n) is 8.57. The summed E-state index contributed by atoms with van der Waals surface area (Å²) in [7, 11) is 0. The second-order valence-corrected chi connectivity index (χ2v) is 6.62. The molecule has 5 nitrogen and oxygen atoms in total. The average molecular weight is 313 g/mol. The van der Waals surface area contributed by atoms with E-state index in [1.54, 1.807) is 18.3 Å². The van der Waals surface area contributed by atoms with Gasteiger partial charge in [0.1, 0.15) is 11.6 Å². The van der Waals surface area contributed by atoms with Crippen molar-refractivity contribution in [2.75, 3.05) is 0 Å². The van der Waals surface area contributed by atoms with Crippen LogP contribution in [0.25, 0.3) is 0 Å². The molecular weight excluding hydrogens is 290 g/mol. The summed E-state index contributed by atoms with van der Waals surface area (Å²) in [5.74, 6) is 0.284. The van der Waals surface area contributed by atoms with Gasteiger partial charge in [0.2, 0.25) is 5.88 Å². The summed E-state index contributed by atoms with van der Waals surface area (Å²) < 4.78 is 5.91. The molecule has 0 saturated heterocycles. The van der Waals surface area contributed by atoms with Crippen LogP contribution in [0.3, 0.4) is 0 Å². The lowest BCUT2D eigenvalue weighted by Crippen LogP contribution is -2.45. The van der Waals surface area contributed by atoms with E-state index in [2.05, 4.69) is 16.4 Å². The molecular formula is C18H23N3O2. The van der Waals surface area contributed by atoms with E-state index in [0.717, 1.165) is 38.5 Å². The largest absolute Gasteiger partial charge is 0.474 e. The molecule has 2 fully saturated rings. The first-order valence-corrected chi connectivity index (χ1v) is 8.57. The van der Waals surface area contributed by atoms with Gasteiger partial charge < -0.3 is 10.1 Å². The van der Waals surface area contributed by atoms with Crippen LogP contribution in [0.15, 0.2) is 18.3 Å². The highest BCUT2D eigenvalue weighted by atomic mass is 16.5. The van der Waals surface area contributed by atoms with Gasteiger partial charge in [0.05, 0.1) is 6.07 Å². The Balaban J connectivity index is 1.66. The van der Waals surface area contributed by atoms with Crippen molar-refractivity contribution in [1.29, 1.82) is 5.26 Å².